The molecule has 0 saturated carbocycles. The molecule has 1 aliphatic rings. The van der Waals surface area contributed by atoms with Gasteiger partial charge in [0, 0.05) is 16.9 Å². The number of halogens is 4. The third-order valence-electron chi connectivity index (χ3n) is 5.44. The number of carbonyl (C=O) groups excluding carboxylic acids is 2. The zero-order valence-electron chi connectivity index (χ0n) is 17.7. The number of hydrogen-bond donors (Lipinski definition) is 1. The molecule has 0 spiro atoms. The van der Waals surface area contributed by atoms with Crippen molar-refractivity contribution in [3.05, 3.63) is 77.1 Å². The topological polar surface area (TPSA) is 91.0 Å². The molecule has 1 aliphatic heterocycles. The Labute approximate surface area is 191 Å². The average molecular weight is 471 g/mol. The molecule has 2 heterocycles. The number of amides is 2. The van der Waals surface area contributed by atoms with Crippen LogP contribution in [0.5, 0.6) is 0 Å². The lowest BCUT2D eigenvalue weighted by molar-refractivity contribution is -0.135. The molecule has 4 rings (SSSR count). The predicted octanol–water partition coefficient (Wildman–Crippen LogP) is 4.41. The zero-order chi connectivity index (χ0) is 24.6. The zero-order valence-corrected chi connectivity index (χ0v) is 17.7. The maximum absolute atomic E-state index is 13.6. The lowest BCUT2D eigenvalue weighted by Crippen LogP contribution is -2.47. The summed E-state index contributed by atoms with van der Waals surface area (Å²) in [5.41, 5.74) is 0.0267. The molecular weight excluding hydrogens is 454 g/mol. The van der Waals surface area contributed by atoms with Crippen LogP contribution in [0, 0.1) is 11.3 Å². The number of fused-ring (bicyclic) bond motifs is 1. The standard InChI is InChI=1S/C23H17F4N5O2/c1-13-12-31-19(18(11-29-31)20(33)30-16-4-2-3-14(9-16)10-28)21(34)32(13)17-7-5-15(6-8-17)23(26,27)22(24)25/h2-9,11,13,22H,12H2,1H3,(H,30,33)/t13-/m0/s1. The summed E-state index contributed by atoms with van der Waals surface area (Å²) >= 11 is 0. The van der Waals surface area contributed by atoms with Crippen LogP contribution in [-0.2, 0) is 12.5 Å². The van der Waals surface area contributed by atoms with Crippen LogP contribution in [0.15, 0.2) is 54.7 Å². The van der Waals surface area contributed by atoms with Crippen LogP contribution < -0.4 is 10.2 Å². The van der Waals surface area contributed by atoms with E-state index in [1.54, 1.807) is 25.1 Å². The van der Waals surface area contributed by atoms with E-state index in [4.69, 9.17) is 5.26 Å². The van der Waals surface area contributed by atoms with Crippen molar-refractivity contribution in [3.8, 4) is 6.07 Å². The quantitative estimate of drug-likeness (QED) is 0.558. The molecule has 0 aliphatic carbocycles. The second-order valence-corrected chi connectivity index (χ2v) is 7.73. The molecular formula is C23H17F4N5O2. The Balaban J connectivity index is 1.63. The molecule has 2 aromatic carbocycles. The molecule has 3 aromatic rings. The van der Waals surface area contributed by atoms with Crippen molar-refractivity contribution in [2.75, 3.05) is 10.2 Å². The minimum Gasteiger partial charge on any atom is -0.322 e. The lowest BCUT2D eigenvalue weighted by Gasteiger charge is -2.34. The van der Waals surface area contributed by atoms with E-state index in [2.05, 4.69) is 10.4 Å². The van der Waals surface area contributed by atoms with E-state index in [0.717, 1.165) is 12.1 Å². The number of benzene rings is 2. The number of nitriles is 1. The van der Waals surface area contributed by atoms with Gasteiger partial charge in [0.05, 0.1) is 36.0 Å². The highest BCUT2D eigenvalue weighted by Gasteiger charge is 2.43. The van der Waals surface area contributed by atoms with Gasteiger partial charge in [0.15, 0.2) is 0 Å². The van der Waals surface area contributed by atoms with Crippen molar-refractivity contribution in [1.29, 1.82) is 5.26 Å². The van der Waals surface area contributed by atoms with Gasteiger partial charge < -0.3 is 10.2 Å². The average Bonchev–Trinajstić information content (AvgIpc) is 3.23. The Morgan fingerprint density at radius 3 is 2.59 bits per heavy atom. The molecule has 2 amide bonds. The number of nitrogens with zero attached hydrogens (tertiary/aromatic N) is 4. The minimum atomic E-state index is -4.32. The number of nitrogens with one attached hydrogen (secondary N) is 1. The van der Waals surface area contributed by atoms with Gasteiger partial charge in [0.2, 0.25) is 0 Å². The summed E-state index contributed by atoms with van der Waals surface area (Å²) in [6.07, 6.45) is -2.61. The lowest BCUT2D eigenvalue weighted by atomic mass is 10.1. The Morgan fingerprint density at radius 1 is 1.24 bits per heavy atom. The third-order valence-corrected chi connectivity index (χ3v) is 5.44. The maximum Gasteiger partial charge on any atom is 0.332 e. The van der Waals surface area contributed by atoms with Crippen LogP contribution in [0.3, 0.4) is 0 Å². The van der Waals surface area contributed by atoms with Crippen molar-refractivity contribution in [2.45, 2.75) is 31.9 Å². The van der Waals surface area contributed by atoms with Gasteiger partial charge >= 0.3 is 12.3 Å². The first-order valence-electron chi connectivity index (χ1n) is 10.1. The van der Waals surface area contributed by atoms with Crippen LogP contribution >= 0.6 is 0 Å². The smallest absolute Gasteiger partial charge is 0.322 e. The first-order valence-corrected chi connectivity index (χ1v) is 10.1. The molecule has 0 radical (unpaired) electrons. The Hall–Kier alpha value is -4.20. The molecule has 7 nitrogen and oxygen atoms in total. The van der Waals surface area contributed by atoms with Crippen molar-refractivity contribution in [3.63, 3.8) is 0 Å². The summed E-state index contributed by atoms with van der Waals surface area (Å²) < 4.78 is 53.9. The number of rotatable bonds is 5. The van der Waals surface area contributed by atoms with Gasteiger partial charge in [-0.15, -0.1) is 0 Å². The number of carbonyl (C=O) groups is 2. The highest BCUT2D eigenvalue weighted by atomic mass is 19.3. The fourth-order valence-corrected chi connectivity index (χ4v) is 3.77. The summed E-state index contributed by atoms with van der Waals surface area (Å²) in [5.74, 6) is -5.53. The Morgan fingerprint density at radius 2 is 1.94 bits per heavy atom. The van der Waals surface area contributed by atoms with Crippen molar-refractivity contribution < 1.29 is 27.2 Å². The molecule has 0 saturated heterocycles. The first-order chi connectivity index (χ1) is 16.1. The largest absolute Gasteiger partial charge is 0.332 e. The monoisotopic (exact) mass is 471 g/mol. The highest BCUT2D eigenvalue weighted by Crippen LogP contribution is 2.36. The molecule has 34 heavy (non-hydrogen) atoms. The van der Waals surface area contributed by atoms with Gasteiger partial charge in [0.1, 0.15) is 5.69 Å². The van der Waals surface area contributed by atoms with Crippen molar-refractivity contribution in [1.82, 2.24) is 9.78 Å². The van der Waals surface area contributed by atoms with Crippen LogP contribution in [0.1, 0.15) is 38.9 Å². The summed E-state index contributed by atoms with van der Waals surface area (Å²) in [6.45, 7) is 1.92. The highest BCUT2D eigenvalue weighted by molar-refractivity contribution is 6.15. The van der Waals surface area contributed by atoms with E-state index >= 15 is 0 Å². The van der Waals surface area contributed by atoms with E-state index in [1.807, 2.05) is 6.07 Å². The summed E-state index contributed by atoms with van der Waals surface area (Å²) in [7, 11) is 0. The van der Waals surface area contributed by atoms with Gasteiger partial charge in [-0.25, -0.2) is 8.78 Å². The molecule has 1 N–H and O–H groups in total. The van der Waals surface area contributed by atoms with E-state index in [9.17, 15) is 27.2 Å². The van der Waals surface area contributed by atoms with Crippen LogP contribution in [0.25, 0.3) is 0 Å². The van der Waals surface area contributed by atoms with Gasteiger partial charge in [-0.2, -0.15) is 19.1 Å². The molecule has 0 fully saturated rings. The van der Waals surface area contributed by atoms with Crippen LogP contribution in [0.4, 0.5) is 28.9 Å². The molecule has 1 atom stereocenters. The minimum absolute atomic E-state index is 0.00553. The fourth-order valence-electron chi connectivity index (χ4n) is 3.77. The normalized spacial score (nSPS) is 15.7. The van der Waals surface area contributed by atoms with Crippen molar-refractivity contribution >= 4 is 23.2 Å². The molecule has 174 valence electrons. The number of hydrogen-bond acceptors (Lipinski definition) is 4. The summed E-state index contributed by atoms with van der Waals surface area (Å²) in [4.78, 5) is 27.5. The van der Waals surface area contributed by atoms with Gasteiger partial charge in [-0.1, -0.05) is 18.2 Å². The first kappa shape index (κ1) is 23.0. The second-order valence-electron chi connectivity index (χ2n) is 7.73. The SMILES string of the molecule is C[C@H]1Cn2ncc(C(=O)Nc3cccc(C#N)c3)c2C(=O)N1c1ccc(C(F)(F)C(F)F)cc1. The Kier molecular flexibility index (Phi) is 5.83. The Bertz CT molecular complexity index is 1300. The summed E-state index contributed by atoms with van der Waals surface area (Å²) in [6, 6.07) is 11.8. The number of aromatic nitrogens is 2. The third kappa shape index (κ3) is 3.98. The van der Waals surface area contributed by atoms with E-state index < -0.39 is 35.8 Å². The van der Waals surface area contributed by atoms with E-state index in [-0.39, 0.29) is 23.5 Å². The van der Waals surface area contributed by atoms with Crippen LogP contribution in [-0.4, -0.2) is 34.1 Å². The maximum atomic E-state index is 13.6. The van der Waals surface area contributed by atoms with Crippen LogP contribution in [0.2, 0.25) is 0 Å². The molecule has 0 bridgehead atoms. The fraction of sp³-hybridized carbons (Fsp3) is 0.217. The summed E-state index contributed by atoms with van der Waals surface area (Å²) in [5, 5.41) is 15.8. The van der Waals surface area contributed by atoms with Gasteiger partial charge in [0.25, 0.3) is 11.8 Å². The number of anilines is 2. The van der Waals surface area contributed by atoms with E-state index in [0.29, 0.717) is 11.3 Å². The van der Waals surface area contributed by atoms with Gasteiger partial charge in [-0.05, 0) is 37.3 Å². The van der Waals surface area contributed by atoms with Gasteiger partial charge in [-0.3, -0.25) is 14.3 Å². The second kappa shape index (κ2) is 8.62. The molecule has 0 unspecified atom stereocenters. The molecule has 1 aromatic heterocycles. The number of alkyl halides is 4. The predicted molar refractivity (Wildman–Crippen MR) is 114 cm³/mol. The van der Waals surface area contributed by atoms with Crippen molar-refractivity contribution in [2.24, 2.45) is 0 Å². The van der Waals surface area contributed by atoms with E-state index in [1.165, 1.54) is 34.0 Å². The molecule has 11 heteroatoms.